The van der Waals surface area contributed by atoms with Crippen LogP contribution in [0.15, 0.2) is 24.7 Å². The molecule has 6 heteroatoms. The van der Waals surface area contributed by atoms with Gasteiger partial charge in [-0.05, 0) is 0 Å². The average Bonchev–Trinajstić information content (AvgIpc) is 2.72. The lowest BCUT2D eigenvalue weighted by atomic mass is 10.6. The van der Waals surface area contributed by atoms with Crippen LogP contribution in [-0.4, -0.2) is 29.9 Å². The van der Waals surface area contributed by atoms with Crippen molar-refractivity contribution in [2.45, 2.75) is 13.1 Å². The summed E-state index contributed by atoms with van der Waals surface area (Å²) in [5, 5.41) is 21.0. The average molecular weight is 179 g/mol. The molecule has 0 amide bonds. The number of aromatic nitrogens is 5. The molecule has 2 heterocycles. The Bertz CT molecular complexity index is 366. The zero-order valence-corrected chi connectivity index (χ0v) is 6.91. The van der Waals surface area contributed by atoms with E-state index in [4.69, 9.17) is 0 Å². The highest BCUT2D eigenvalue weighted by Crippen LogP contribution is 2.05. The monoisotopic (exact) mass is 179 g/mol. The van der Waals surface area contributed by atoms with Gasteiger partial charge in [-0.1, -0.05) is 0 Å². The fraction of sp³-hybridized carbons (Fsp3) is 0.286. The molecule has 13 heavy (non-hydrogen) atoms. The van der Waals surface area contributed by atoms with Crippen LogP contribution < -0.4 is 0 Å². The van der Waals surface area contributed by atoms with Crippen LogP contribution in [0.2, 0.25) is 0 Å². The van der Waals surface area contributed by atoms with Crippen LogP contribution in [0.3, 0.4) is 0 Å². The molecule has 0 aliphatic carbocycles. The Morgan fingerprint density at radius 1 is 1.08 bits per heavy atom. The molecule has 2 aromatic heterocycles. The molecule has 0 spiro atoms. The van der Waals surface area contributed by atoms with Gasteiger partial charge in [-0.3, -0.25) is 0 Å². The Hall–Kier alpha value is -1.85. The quantitative estimate of drug-likeness (QED) is 0.713. The van der Waals surface area contributed by atoms with Crippen molar-refractivity contribution in [2.75, 3.05) is 0 Å². The van der Waals surface area contributed by atoms with E-state index < -0.39 is 0 Å². The summed E-state index contributed by atoms with van der Waals surface area (Å²) >= 11 is 0. The van der Waals surface area contributed by atoms with Gasteiger partial charge in [0.2, 0.25) is 5.88 Å². The van der Waals surface area contributed by atoms with E-state index >= 15 is 0 Å². The van der Waals surface area contributed by atoms with Gasteiger partial charge in [0.05, 0.1) is 31.7 Å². The lowest BCUT2D eigenvalue weighted by Crippen LogP contribution is -2.10. The first kappa shape index (κ1) is 7.78. The summed E-state index contributed by atoms with van der Waals surface area (Å²) in [5.74, 6) is 0.159. The molecule has 0 fully saturated rings. The van der Waals surface area contributed by atoms with Crippen molar-refractivity contribution in [3.63, 3.8) is 0 Å². The minimum Gasteiger partial charge on any atom is -0.493 e. The predicted octanol–water partition coefficient (Wildman–Crippen LogP) is -0.120. The molecule has 2 rings (SSSR count). The van der Waals surface area contributed by atoms with E-state index in [2.05, 4.69) is 15.3 Å². The van der Waals surface area contributed by atoms with E-state index in [1.807, 2.05) is 0 Å². The molecule has 6 nitrogen and oxygen atoms in total. The third-order valence-electron chi connectivity index (χ3n) is 1.67. The molecule has 0 aliphatic heterocycles. The number of rotatable bonds is 3. The van der Waals surface area contributed by atoms with Gasteiger partial charge in [0.15, 0.2) is 0 Å². The first-order chi connectivity index (χ1) is 6.36. The van der Waals surface area contributed by atoms with Gasteiger partial charge in [-0.2, -0.15) is 20.1 Å². The van der Waals surface area contributed by atoms with Crippen molar-refractivity contribution in [2.24, 2.45) is 0 Å². The normalized spacial score (nSPS) is 10.5. The lowest BCUT2D eigenvalue weighted by molar-refractivity contribution is 0.373. The topological polar surface area (TPSA) is 68.8 Å². The van der Waals surface area contributed by atoms with Crippen molar-refractivity contribution in [3.05, 3.63) is 24.7 Å². The second-order valence-corrected chi connectivity index (χ2v) is 2.54. The maximum absolute atomic E-state index is 9.23. The number of hydrogen-bond acceptors (Lipinski definition) is 4. The SMILES string of the molecule is Oc1ccnn1CCn1nccn1. The first-order valence-electron chi connectivity index (χ1n) is 3.91. The molecule has 0 aromatic carbocycles. The van der Waals surface area contributed by atoms with Crippen LogP contribution in [0.4, 0.5) is 0 Å². The van der Waals surface area contributed by atoms with E-state index in [1.54, 1.807) is 23.4 Å². The van der Waals surface area contributed by atoms with Gasteiger partial charge < -0.3 is 5.11 Å². The van der Waals surface area contributed by atoms with E-state index in [-0.39, 0.29) is 5.88 Å². The molecule has 0 aliphatic rings. The van der Waals surface area contributed by atoms with Crippen LogP contribution in [0.25, 0.3) is 0 Å². The number of nitrogens with zero attached hydrogens (tertiary/aromatic N) is 5. The fourth-order valence-electron chi connectivity index (χ4n) is 1.04. The van der Waals surface area contributed by atoms with Gasteiger partial charge in [-0.25, -0.2) is 4.68 Å². The maximum atomic E-state index is 9.23. The summed E-state index contributed by atoms with van der Waals surface area (Å²) in [6.45, 7) is 1.16. The number of hydrogen-bond donors (Lipinski definition) is 1. The summed E-state index contributed by atoms with van der Waals surface area (Å²) in [7, 11) is 0. The third-order valence-corrected chi connectivity index (χ3v) is 1.67. The highest BCUT2D eigenvalue weighted by molar-refractivity contribution is 5.04. The van der Waals surface area contributed by atoms with Crippen molar-refractivity contribution >= 4 is 0 Å². The van der Waals surface area contributed by atoms with Gasteiger partial charge in [0, 0.05) is 6.07 Å². The number of aromatic hydroxyl groups is 1. The fourth-order valence-corrected chi connectivity index (χ4v) is 1.04. The molecule has 0 saturated carbocycles. The van der Waals surface area contributed by atoms with Crippen molar-refractivity contribution < 1.29 is 5.11 Å². The summed E-state index contributed by atoms with van der Waals surface area (Å²) < 4.78 is 1.49. The lowest BCUT2D eigenvalue weighted by Gasteiger charge is -2.01. The minimum atomic E-state index is 0.159. The Morgan fingerprint density at radius 3 is 2.46 bits per heavy atom. The van der Waals surface area contributed by atoms with E-state index in [0.29, 0.717) is 13.1 Å². The van der Waals surface area contributed by atoms with E-state index in [0.717, 1.165) is 0 Å². The second-order valence-electron chi connectivity index (χ2n) is 2.54. The van der Waals surface area contributed by atoms with Gasteiger partial charge in [0.1, 0.15) is 0 Å². The van der Waals surface area contributed by atoms with Crippen LogP contribution in [0.5, 0.6) is 5.88 Å². The Labute approximate surface area is 74.4 Å². The minimum absolute atomic E-state index is 0.159. The van der Waals surface area contributed by atoms with Crippen LogP contribution >= 0.6 is 0 Å². The molecule has 0 radical (unpaired) electrons. The molecular formula is C7H9N5O. The highest BCUT2D eigenvalue weighted by Gasteiger charge is 1.99. The zero-order chi connectivity index (χ0) is 9.10. The van der Waals surface area contributed by atoms with Crippen molar-refractivity contribution in [3.8, 4) is 5.88 Å². The second kappa shape index (κ2) is 3.26. The molecule has 2 aromatic rings. The molecule has 0 atom stereocenters. The van der Waals surface area contributed by atoms with Crippen molar-refractivity contribution in [1.29, 1.82) is 0 Å². The van der Waals surface area contributed by atoms with E-state index in [1.165, 1.54) is 10.7 Å². The van der Waals surface area contributed by atoms with Gasteiger partial charge in [0.25, 0.3) is 0 Å². The smallest absolute Gasteiger partial charge is 0.209 e. The highest BCUT2D eigenvalue weighted by atomic mass is 16.3. The maximum Gasteiger partial charge on any atom is 0.209 e. The summed E-state index contributed by atoms with van der Waals surface area (Å²) in [6.07, 6.45) is 4.78. The third kappa shape index (κ3) is 1.66. The standard InChI is InChI=1S/C7H9N5O/c13-7-1-2-8-11(7)5-6-12-9-3-4-10-12/h1-4,13H,5-6H2. The van der Waals surface area contributed by atoms with Crippen LogP contribution in [-0.2, 0) is 13.1 Å². The summed E-state index contributed by atoms with van der Waals surface area (Å²) in [6, 6.07) is 1.54. The largest absolute Gasteiger partial charge is 0.493 e. The molecule has 68 valence electrons. The predicted molar refractivity (Wildman–Crippen MR) is 43.9 cm³/mol. The van der Waals surface area contributed by atoms with Crippen molar-refractivity contribution in [1.82, 2.24) is 24.8 Å². The molecule has 0 unspecified atom stereocenters. The van der Waals surface area contributed by atoms with E-state index in [9.17, 15) is 5.11 Å². The summed E-state index contributed by atoms with van der Waals surface area (Å²) in [5.41, 5.74) is 0. The van der Waals surface area contributed by atoms with Gasteiger partial charge >= 0.3 is 0 Å². The van der Waals surface area contributed by atoms with Crippen LogP contribution in [0.1, 0.15) is 0 Å². The van der Waals surface area contributed by atoms with Gasteiger partial charge in [-0.15, -0.1) is 0 Å². The Morgan fingerprint density at radius 2 is 1.85 bits per heavy atom. The van der Waals surface area contributed by atoms with Crippen LogP contribution in [0, 0.1) is 0 Å². The summed E-state index contributed by atoms with van der Waals surface area (Å²) in [4.78, 5) is 1.54. The molecule has 1 N–H and O–H groups in total. The Balaban J connectivity index is 1.97. The Kier molecular flexibility index (Phi) is 1.95. The molecule has 0 bridgehead atoms. The first-order valence-corrected chi connectivity index (χ1v) is 3.91. The molecule has 0 saturated heterocycles. The zero-order valence-electron chi connectivity index (χ0n) is 6.91. The molecular weight excluding hydrogens is 170 g/mol. The number of aryl methyl sites for hydroxylation is 2.